The molecule has 1 atom stereocenters. The number of hydrogen-bond donors (Lipinski definition) is 1. The second-order valence-corrected chi connectivity index (χ2v) is 7.96. The molecule has 0 saturated heterocycles. The summed E-state index contributed by atoms with van der Waals surface area (Å²) < 4.78 is 16.5. The maximum absolute atomic E-state index is 12.5. The predicted octanol–water partition coefficient (Wildman–Crippen LogP) is 2.75. The summed E-state index contributed by atoms with van der Waals surface area (Å²) in [5.41, 5.74) is 0.969. The fourth-order valence-corrected chi connectivity index (χ4v) is 4.93. The van der Waals surface area contributed by atoms with E-state index in [1.165, 1.54) is 4.88 Å². The van der Waals surface area contributed by atoms with Gasteiger partial charge in [-0.25, -0.2) is 9.78 Å². The van der Waals surface area contributed by atoms with Gasteiger partial charge < -0.3 is 19.2 Å². The van der Waals surface area contributed by atoms with Gasteiger partial charge in [0.1, 0.15) is 23.9 Å². The Morgan fingerprint density at radius 3 is 2.96 bits per heavy atom. The first-order valence-corrected chi connectivity index (χ1v) is 10.1. The van der Waals surface area contributed by atoms with Gasteiger partial charge in [-0.05, 0) is 43.4 Å². The van der Waals surface area contributed by atoms with Gasteiger partial charge in [0.15, 0.2) is 11.5 Å². The van der Waals surface area contributed by atoms with Crippen LogP contribution >= 0.6 is 11.3 Å². The Bertz CT molecular complexity index is 1120. The first-order chi connectivity index (χ1) is 13.7. The highest BCUT2D eigenvalue weighted by atomic mass is 32.1. The Balaban J connectivity index is 1.31. The maximum Gasteiger partial charge on any atom is 0.351 e. The number of aryl methyl sites for hydroxylation is 2. The quantitative estimate of drug-likeness (QED) is 0.683. The number of esters is 1. The molecule has 3 aromatic rings. The van der Waals surface area contributed by atoms with E-state index in [-0.39, 0.29) is 18.8 Å². The van der Waals surface area contributed by atoms with Gasteiger partial charge in [-0.2, -0.15) is 0 Å². The van der Waals surface area contributed by atoms with Crippen LogP contribution in [0.25, 0.3) is 10.2 Å². The summed E-state index contributed by atoms with van der Waals surface area (Å²) >= 11 is 1.57. The number of carbonyl (C=O) groups is 1. The van der Waals surface area contributed by atoms with Crippen molar-refractivity contribution >= 4 is 27.5 Å². The Labute approximate surface area is 164 Å². The van der Waals surface area contributed by atoms with Gasteiger partial charge in [0, 0.05) is 4.88 Å². The van der Waals surface area contributed by atoms with Crippen LogP contribution in [-0.2, 0) is 29.0 Å². The maximum atomic E-state index is 12.5. The van der Waals surface area contributed by atoms with Gasteiger partial charge in [-0.1, -0.05) is 12.1 Å². The number of benzene rings is 1. The number of nitrogens with zero attached hydrogens (tertiary/aromatic N) is 1. The van der Waals surface area contributed by atoms with E-state index >= 15 is 0 Å². The van der Waals surface area contributed by atoms with Crippen molar-refractivity contribution in [2.75, 3.05) is 6.61 Å². The topological polar surface area (TPSA) is 90.5 Å². The van der Waals surface area contributed by atoms with Crippen LogP contribution in [0.1, 0.15) is 29.1 Å². The number of para-hydroxylation sites is 2. The minimum absolute atomic E-state index is 0.0798. The molecule has 1 N–H and O–H groups in total. The summed E-state index contributed by atoms with van der Waals surface area (Å²) in [5, 5.41) is 0.690. The lowest BCUT2D eigenvalue weighted by Gasteiger charge is -2.24. The molecular formula is C20H18N2O5S. The summed E-state index contributed by atoms with van der Waals surface area (Å²) in [7, 11) is 0. The lowest BCUT2D eigenvalue weighted by molar-refractivity contribution is -0.156. The van der Waals surface area contributed by atoms with E-state index in [0.717, 1.165) is 31.2 Å². The molecule has 0 amide bonds. The number of fused-ring (bicyclic) bond motifs is 4. The van der Waals surface area contributed by atoms with Gasteiger partial charge in [-0.3, -0.25) is 4.79 Å². The van der Waals surface area contributed by atoms with Gasteiger partial charge >= 0.3 is 5.97 Å². The zero-order valence-corrected chi connectivity index (χ0v) is 15.8. The first kappa shape index (κ1) is 17.2. The van der Waals surface area contributed by atoms with E-state index in [0.29, 0.717) is 27.5 Å². The number of aromatic amines is 1. The van der Waals surface area contributed by atoms with Crippen LogP contribution < -0.4 is 15.0 Å². The molecule has 1 aliphatic heterocycles. The molecule has 2 aromatic heterocycles. The number of carbonyl (C=O) groups excluding carboxylic acids is 1. The fraction of sp³-hybridized carbons (Fsp3) is 0.350. The SMILES string of the molecule is O=C(OCc1nc2sc3c(c2c(=O)[nH]1)CCCC3)[C@@H]1COc2ccccc2O1. The second kappa shape index (κ2) is 6.94. The summed E-state index contributed by atoms with van der Waals surface area (Å²) in [6.07, 6.45) is 3.33. The Kier molecular flexibility index (Phi) is 4.27. The molecule has 7 nitrogen and oxygen atoms in total. The molecule has 28 heavy (non-hydrogen) atoms. The molecule has 0 radical (unpaired) electrons. The summed E-state index contributed by atoms with van der Waals surface area (Å²) in [6.45, 7) is -0.0371. The average Bonchev–Trinajstić information content (AvgIpc) is 3.10. The monoisotopic (exact) mass is 398 g/mol. The van der Waals surface area contributed by atoms with Crippen molar-refractivity contribution in [1.82, 2.24) is 9.97 Å². The van der Waals surface area contributed by atoms with Crippen LogP contribution in [-0.4, -0.2) is 28.6 Å². The van der Waals surface area contributed by atoms with E-state index in [9.17, 15) is 9.59 Å². The molecule has 5 rings (SSSR count). The molecule has 0 saturated carbocycles. The third-order valence-corrected chi connectivity index (χ3v) is 6.18. The number of hydrogen-bond acceptors (Lipinski definition) is 7. The molecular weight excluding hydrogens is 380 g/mol. The van der Waals surface area contributed by atoms with Gasteiger partial charge in [0.25, 0.3) is 5.56 Å². The van der Waals surface area contributed by atoms with Crippen molar-refractivity contribution in [2.45, 2.75) is 38.4 Å². The molecule has 0 fully saturated rings. The summed E-state index contributed by atoms with van der Waals surface area (Å²) in [6, 6.07) is 7.16. The van der Waals surface area contributed by atoms with E-state index in [2.05, 4.69) is 9.97 Å². The Morgan fingerprint density at radius 2 is 2.07 bits per heavy atom. The lowest BCUT2D eigenvalue weighted by Crippen LogP contribution is -2.37. The Morgan fingerprint density at radius 1 is 1.25 bits per heavy atom. The molecule has 0 bridgehead atoms. The molecule has 0 unspecified atom stereocenters. The summed E-state index contributed by atoms with van der Waals surface area (Å²) in [5.74, 6) is 0.891. The predicted molar refractivity (Wildman–Crippen MR) is 103 cm³/mol. The third-order valence-electron chi connectivity index (χ3n) is 5.00. The molecule has 2 aliphatic rings. The van der Waals surface area contributed by atoms with Crippen molar-refractivity contribution in [3.63, 3.8) is 0 Å². The highest BCUT2D eigenvalue weighted by molar-refractivity contribution is 7.18. The van der Waals surface area contributed by atoms with Crippen LogP contribution in [0.3, 0.4) is 0 Å². The standard InChI is InChI=1S/C20H18N2O5S/c23-18-17-11-5-1-4-8-15(11)28-19(17)22-16(21-18)10-26-20(24)14-9-25-12-6-2-3-7-13(12)27-14/h2-3,6-7,14H,1,4-5,8-10H2,(H,21,22,23)/t14-/m0/s1. The minimum Gasteiger partial charge on any atom is -0.485 e. The van der Waals surface area contributed by atoms with E-state index in [1.54, 1.807) is 29.5 Å². The number of rotatable bonds is 3. The molecule has 1 aromatic carbocycles. The van der Waals surface area contributed by atoms with Crippen LogP contribution in [0.15, 0.2) is 29.1 Å². The zero-order valence-electron chi connectivity index (χ0n) is 15.0. The van der Waals surface area contributed by atoms with Gasteiger partial charge in [0.2, 0.25) is 6.10 Å². The van der Waals surface area contributed by atoms with Crippen LogP contribution in [0, 0.1) is 0 Å². The van der Waals surface area contributed by atoms with E-state index in [4.69, 9.17) is 14.2 Å². The number of aromatic nitrogens is 2. The smallest absolute Gasteiger partial charge is 0.351 e. The van der Waals surface area contributed by atoms with Crippen LogP contribution in [0.5, 0.6) is 11.5 Å². The highest BCUT2D eigenvalue weighted by Gasteiger charge is 2.29. The third kappa shape index (κ3) is 3.03. The van der Waals surface area contributed by atoms with Crippen LogP contribution in [0.2, 0.25) is 0 Å². The van der Waals surface area contributed by atoms with Crippen molar-refractivity contribution in [2.24, 2.45) is 0 Å². The van der Waals surface area contributed by atoms with E-state index in [1.807, 2.05) is 6.07 Å². The summed E-state index contributed by atoms with van der Waals surface area (Å²) in [4.78, 5) is 34.1. The van der Waals surface area contributed by atoms with Gasteiger partial charge in [0.05, 0.1) is 5.39 Å². The number of H-pyrrole nitrogens is 1. The van der Waals surface area contributed by atoms with Crippen molar-refractivity contribution in [3.05, 3.63) is 50.9 Å². The molecule has 0 spiro atoms. The fourth-order valence-electron chi connectivity index (χ4n) is 3.64. The number of nitrogens with one attached hydrogen (secondary N) is 1. The number of ether oxygens (including phenoxy) is 3. The van der Waals surface area contributed by atoms with Crippen molar-refractivity contribution < 1.29 is 19.0 Å². The Hall–Kier alpha value is -2.87. The normalized spacial score (nSPS) is 17.9. The largest absolute Gasteiger partial charge is 0.485 e. The molecule has 3 heterocycles. The van der Waals surface area contributed by atoms with E-state index < -0.39 is 12.1 Å². The lowest BCUT2D eigenvalue weighted by atomic mass is 9.97. The second-order valence-electron chi connectivity index (χ2n) is 6.88. The van der Waals surface area contributed by atoms with Gasteiger partial charge in [-0.15, -0.1) is 11.3 Å². The zero-order chi connectivity index (χ0) is 19.1. The first-order valence-electron chi connectivity index (χ1n) is 9.27. The molecule has 1 aliphatic carbocycles. The van der Waals surface area contributed by atoms with Crippen LogP contribution in [0.4, 0.5) is 0 Å². The highest BCUT2D eigenvalue weighted by Crippen LogP contribution is 2.34. The molecule has 144 valence electrons. The number of thiophene rings is 1. The van der Waals surface area contributed by atoms with Crippen molar-refractivity contribution in [1.29, 1.82) is 0 Å². The average molecular weight is 398 g/mol. The minimum atomic E-state index is -0.848. The molecule has 8 heteroatoms. The van der Waals surface area contributed by atoms with Crippen molar-refractivity contribution in [3.8, 4) is 11.5 Å².